The average Bonchev–Trinajstić information content (AvgIpc) is 3.10. The Morgan fingerprint density at radius 3 is 2.44 bits per heavy atom. The van der Waals surface area contributed by atoms with Gasteiger partial charge in [0.15, 0.2) is 6.61 Å². The maximum atomic E-state index is 12.9. The van der Waals surface area contributed by atoms with Crippen molar-refractivity contribution < 1.29 is 34.4 Å². The first-order valence-corrected chi connectivity index (χ1v) is 16.1. The number of aliphatic hydroxyl groups excluding tert-OH is 1. The summed E-state index contributed by atoms with van der Waals surface area (Å²) < 4.78 is 11.3. The molecule has 0 aliphatic heterocycles. The number of H-pyrrole nitrogens is 1. The zero-order chi connectivity index (χ0) is 35.8. The number of rotatable bonds is 14. The molecule has 0 aliphatic rings. The Morgan fingerprint density at radius 1 is 0.981 bits per heavy atom. The van der Waals surface area contributed by atoms with Crippen LogP contribution in [0.3, 0.4) is 0 Å². The molecule has 4 aromatic carbocycles. The molecule has 0 aliphatic carbocycles. The Labute approximate surface area is 317 Å². The largest absolute Gasteiger partial charge is 0.506 e. The number of phenols is 1. The predicted octanol–water partition coefficient (Wildman–Crippen LogP) is 6.40. The lowest BCUT2D eigenvalue weighted by atomic mass is 10.00. The van der Waals surface area contributed by atoms with Crippen LogP contribution in [0, 0.1) is 0 Å². The molecule has 6 N–H and O–H groups in total. The summed E-state index contributed by atoms with van der Waals surface area (Å²) in [5.41, 5.74) is 4.06. The number of carbonyl (C=O) groups is 2. The van der Waals surface area contributed by atoms with E-state index >= 15 is 0 Å². The molecule has 0 saturated carbocycles. The molecule has 276 valence electrons. The summed E-state index contributed by atoms with van der Waals surface area (Å²) in [6.45, 7) is 0.525. The topological polar surface area (TPSA) is 173 Å². The number of phenolic OH excluding ortho intramolecular Hbond substituents is 1. The number of ether oxygens (including phenoxy) is 2. The molecule has 12 nitrogen and oxygen atoms in total. The highest BCUT2D eigenvalue weighted by atomic mass is 35.5. The molecule has 0 saturated heterocycles. The third-order valence-corrected chi connectivity index (χ3v) is 8.47. The number of nitrogens with one attached hydrogen (secondary N) is 3. The molecule has 0 fully saturated rings. The van der Waals surface area contributed by atoms with E-state index in [0.29, 0.717) is 40.9 Å². The van der Waals surface area contributed by atoms with E-state index in [0.717, 1.165) is 16.7 Å². The van der Waals surface area contributed by atoms with Gasteiger partial charge in [-0.2, -0.15) is 0 Å². The number of carboxylic acid groups (broad SMARTS) is 1. The van der Waals surface area contributed by atoms with Crippen LogP contribution in [-0.4, -0.2) is 71.1 Å². The fourth-order valence-corrected chi connectivity index (χ4v) is 5.76. The molecular weight excluding hydrogens is 735 g/mol. The summed E-state index contributed by atoms with van der Waals surface area (Å²) in [5, 5.41) is 36.8. The van der Waals surface area contributed by atoms with Gasteiger partial charge in [-0.1, -0.05) is 60.1 Å². The molecule has 5 aromatic rings. The molecule has 1 heterocycles. The minimum atomic E-state index is -1.16. The van der Waals surface area contributed by atoms with E-state index in [-0.39, 0.29) is 78.0 Å². The summed E-state index contributed by atoms with van der Waals surface area (Å²) >= 11 is 6.52. The van der Waals surface area contributed by atoms with E-state index in [1.54, 1.807) is 37.4 Å². The number of aromatic hydroxyl groups is 1. The van der Waals surface area contributed by atoms with Crippen LogP contribution in [0.2, 0.25) is 5.02 Å². The van der Waals surface area contributed by atoms with Gasteiger partial charge in [0.1, 0.15) is 17.2 Å². The van der Waals surface area contributed by atoms with Crippen LogP contribution in [-0.2, 0) is 17.8 Å². The number of fused-ring (bicyclic) bond motifs is 1. The second-order valence-corrected chi connectivity index (χ2v) is 12.0. The number of hydrogen-bond donors (Lipinski definition) is 6. The molecule has 1 aromatic heterocycles. The number of aromatic amines is 1. The van der Waals surface area contributed by atoms with Crippen molar-refractivity contribution in [3.8, 4) is 28.4 Å². The van der Waals surface area contributed by atoms with Crippen LogP contribution >= 0.6 is 36.4 Å². The van der Waals surface area contributed by atoms with E-state index in [1.165, 1.54) is 24.1 Å². The van der Waals surface area contributed by atoms with Crippen molar-refractivity contribution in [2.45, 2.75) is 19.1 Å². The number of methoxy groups -OCH3 is 1. The lowest BCUT2D eigenvalue weighted by molar-refractivity contribution is -0.132. The second kappa shape index (κ2) is 19.0. The molecule has 0 unspecified atom stereocenters. The molecule has 2 amide bonds. The van der Waals surface area contributed by atoms with Gasteiger partial charge < -0.3 is 40.0 Å². The zero-order valence-electron chi connectivity index (χ0n) is 28.2. The number of aliphatic hydroxyl groups is 1. The summed E-state index contributed by atoms with van der Waals surface area (Å²) in [6, 6.07) is 24.2. The number of nitrogens with zero attached hydrogens (tertiary/aromatic N) is 1. The molecule has 5 rings (SSSR count). The predicted molar refractivity (Wildman–Crippen MR) is 206 cm³/mol. The van der Waals surface area contributed by atoms with Gasteiger partial charge in [0.25, 0.3) is 5.91 Å². The summed E-state index contributed by atoms with van der Waals surface area (Å²) in [5.74, 6) is 0.354. The first-order valence-electron chi connectivity index (χ1n) is 15.7. The van der Waals surface area contributed by atoms with E-state index in [4.69, 9.17) is 21.1 Å². The number of hydrogen-bond acceptors (Lipinski definition) is 8. The van der Waals surface area contributed by atoms with Crippen LogP contribution in [0.1, 0.15) is 22.8 Å². The first-order chi connectivity index (χ1) is 24.0. The van der Waals surface area contributed by atoms with Crippen LogP contribution < -0.4 is 25.7 Å². The lowest BCUT2D eigenvalue weighted by Gasteiger charge is -2.19. The second-order valence-electron chi connectivity index (χ2n) is 11.6. The van der Waals surface area contributed by atoms with Crippen LogP contribution in [0.4, 0.5) is 10.5 Å². The van der Waals surface area contributed by atoms with Crippen LogP contribution in [0.5, 0.6) is 17.2 Å². The number of anilines is 1. The van der Waals surface area contributed by atoms with Gasteiger partial charge in [-0.05, 0) is 47.4 Å². The third kappa shape index (κ3) is 10.3. The van der Waals surface area contributed by atoms with Gasteiger partial charge in [0.2, 0.25) is 5.56 Å². The number of aromatic nitrogens is 1. The van der Waals surface area contributed by atoms with E-state index in [1.807, 2.05) is 42.5 Å². The average molecular weight is 774 g/mol. The highest BCUT2D eigenvalue weighted by Gasteiger charge is 2.17. The van der Waals surface area contributed by atoms with Gasteiger partial charge in [0.05, 0.1) is 29.4 Å². The van der Waals surface area contributed by atoms with Crippen molar-refractivity contribution in [2.75, 3.05) is 39.2 Å². The van der Waals surface area contributed by atoms with Crippen molar-refractivity contribution in [2.24, 2.45) is 0 Å². The van der Waals surface area contributed by atoms with Gasteiger partial charge in [-0.15, -0.1) is 24.8 Å². The molecule has 15 heteroatoms. The summed E-state index contributed by atoms with van der Waals surface area (Å²) in [6.07, 6.45) is -1.63. The lowest BCUT2D eigenvalue weighted by Crippen LogP contribution is -2.33. The fraction of sp³-hybridized carbons (Fsp3) is 0.216. The zero-order valence-corrected chi connectivity index (χ0v) is 30.6. The van der Waals surface area contributed by atoms with Gasteiger partial charge in [-0.3, -0.25) is 14.9 Å². The quantitative estimate of drug-likeness (QED) is 0.0747. The molecule has 0 spiro atoms. The fourth-order valence-electron chi connectivity index (χ4n) is 5.52. The molecule has 0 bridgehead atoms. The number of likely N-dealkylation sites (N-methyl/N-ethyl adjacent to an activating group) is 1. The monoisotopic (exact) mass is 772 g/mol. The van der Waals surface area contributed by atoms with Crippen molar-refractivity contribution in [3.63, 3.8) is 0 Å². The van der Waals surface area contributed by atoms with E-state index < -0.39 is 12.2 Å². The van der Waals surface area contributed by atoms with E-state index in [9.17, 15) is 29.7 Å². The Kier molecular flexibility index (Phi) is 15.2. The van der Waals surface area contributed by atoms with Crippen molar-refractivity contribution >= 4 is 65.0 Å². The van der Waals surface area contributed by atoms with Gasteiger partial charge >= 0.3 is 6.09 Å². The Hall–Kier alpha value is -4.98. The Balaban J connectivity index is 0.00000364. The summed E-state index contributed by atoms with van der Waals surface area (Å²) in [7, 11) is 3.16. The molecule has 1 atom stereocenters. The van der Waals surface area contributed by atoms with Gasteiger partial charge in [0, 0.05) is 55.3 Å². The number of pyridine rings is 1. The molecule has 0 radical (unpaired) electrons. The highest BCUT2D eigenvalue weighted by molar-refractivity contribution is 6.32. The molecular formula is C37H39Cl3N4O8. The number of amides is 2. The maximum absolute atomic E-state index is 12.9. The first kappa shape index (κ1) is 41.4. The SMILES string of the molecule is COc1cc(OCC(=O)N(C)CCc2ccc(-c3ccccc3)c(NC(=O)O)c2)c(Cl)cc1CNC[C@H](O)c1ccc(O)c2[nH]c(=O)ccc12.Cl.Cl. The highest BCUT2D eigenvalue weighted by Crippen LogP contribution is 2.34. The van der Waals surface area contributed by atoms with Crippen molar-refractivity contribution in [1.29, 1.82) is 0 Å². The van der Waals surface area contributed by atoms with Crippen molar-refractivity contribution in [3.05, 3.63) is 117 Å². The van der Waals surface area contributed by atoms with Crippen LogP contribution in [0.15, 0.2) is 89.7 Å². The smallest absolute Gasteiger partial charge is 0.409 e. The normalized spacial score (nSPS) is 11.2. The minimum Gasteiger partial charge on any atom is -0.506 e. The van der Waals surface area contributed by atoms with Crippen LogP contribution in [0.25, 0.3) is 22.0 Å². The standard InChI is InChI=1S/C37H37ClN4O8.2ClH/c1-42(15-14-22-8-9-25(23-6-4-3-5-7-23)29(16-22)40-37(47)48)35(46)21-50-33-18-32(49-2)24(17-28(33)38)19-39-20-31(44)26-10-12-30(43)36-27(26)11-13-34(45)41-36;;/h3-13,16-18,31,39-40,43-44H,14-15,19-21H2,1-2H3,(H,41,45)(H,47,48);2*1H/t31-;;/m0../s1. The van der Waals surface area contributed by atoms with Gasteiger partial charge in [-0.25, -0.2) is 4.79 Å². The Bertz CT molecular complexity index is 2060. The summed E-state index contributed by atoms with van der Waals surface area (Å²) in [4.78, 5) is 40.2. The number of benzene rings is 4. The maximum Gasteiger partial charge on any atom is 0.409 e. The number of halogens is 3. The Morgan fingerprint density at radius 2 is 1.73 bits per heavy atom. The third-order valence-electron chi connectivity index (χ3n) is 8.18. The van der Waals surface area contributed by atoms with E-state index in [2.05, 4.69) is 15.6 Å². The van der Waals surface area contributed by atoms with Crippen molar-refractivity contribution in [1.82, 2.24) is 15.2 Å². The molecule has 52 heavy (non-hydrogen) atoms. The minimum absolute atomic E-state index is 0. The number of carbonyl (C=O) groups excluding carboxylic acids is 1.